The predicted octanol–water partition coefficient (Wildman–Crippen LogP) is 2.82. The molecule has 102 valence electrons. The van der Waals surface area contributed by atoms with Crippen LogP contribution in [0.15, 0.2) is 24.5 Å². The van der Waals surface area contributed by atoms with Gasteiger partial charge in [0.15, 0.2) is 0 Å². The third-order valence-corrected chi connectivity index (χ3v) is 3.72. The fraction of sp³-hybridized carbons (Fsp3) is 0.500. The lowest BCUT2D eigenvalue weighted by Crippen LogP contribution is -2.23. The second-order valence-corrected chi connectivity index (χ2v) is 5.07. The molecule has 1 N–H and O–H groups in total. The summed E-state index contributed by atoms with van der Waals surface area (Å²) >= 11 is 0. The maximum Gasteiger partial charge on any atom is 0.143 e. The summed E-state index contributed by atoms with van der Waals surface area (Å²) in [5, 5.41) is 14.8. The molecule has 2 aromatic rings. The van der Waals surface area contributed by atoms with Crippen molar-refractivity contribution >= 4 is 5.69 Å². The highest BCUT2D eigenvalue weighted by molar-refractivity contribution is 5.57. The van der Waals surface area contributed by atoms with Gasteiger partial charge in [0.1, 0.15) is 6.33 Å². The number of tetrazole rings is 1. The van der Waals surface area contributed by atoms with E-state index in [9.17, 15) is 0 Å². The van der Waals surface area contributed by atoms with Crippen molar-refractivity contribution in [3.8, 4) is 5.69 Å². The molecule has 0 saturated heterocycles. The fourth-order valence-corrected chi connectivity index (χ4v) is 1.93. The van der Waals surface area contributed by atoms with E-state index in [0.29, 0.717) is 12.0 Å². The number of benzene rings is 1. The van der Waals surface area contributed by atoms with E-state index in [4.69, 9.17) is 0 Å². The van der Waals surface area contributed by atoms with E-state index >= 15 is 0 Å². The summed E-state index contributed by atoms with van der Waals surface area (Å²) in [6, 6.07) is 6.63. The zero-order chi connectivity index (χ0) is 13.8. The van der Waals surface area contributed by atoms with E-state index < -0.39 is 0 Å². The van der Waals surface area contributed by atoms with Gasteiger partial charge < -0.3 is 5.32 Å². The highest BCUT2D eigenvalue weighted by atomic mass is 15.5. The number of hydrogen-bond donors (Lipinski definition) is 1. The van der Waals surface area contributed by atoms with Gasteiger partial charge in [-0.25, -0.2) is 4.68 Å². The zero-order valence-corrected chi connectivity index (χ0v) is 12.0. The van der Waals surface area contributed by atoms with Gasteiger partial charge in [-0.3, -0.25) is 0 Å². The van der Waals surface area contributed by atoms with Crippen LogP contribution < -0.4 is 5.32 Å². The Hall–Kier alpha value is -1.91. The molecule has 0 amide bonds. The van der Waals surface area contributed by atoms with Gasteiger partial charge in [-0.1, -0.05) is 26.3 Å². The molecule has 2 atom stereocenters. The fourth-order valence-electron chi connectivity index (χ4n) is 1.93. The van der Waals surface area contributed by atoms with Crippen LogP contribution in [0.1, 0.15) is 32.8 Å². The van der Waals surface area contributed by atoms with Crippen molar-refractivity contribution < 1.29 is 0 Å². The summed E-state index contributed by atoms with van der Waals surface area (Å²) in [4.78, 5) is 0. The molecule has 0 bridgehead atoms. The lowest BCUT2D eigenvalue weighted by molar-refractivity contribution is 0.494. The van der Waals surface area contributed by atoms with Gasteiger partial charge in [-0.2, -0.15) is 0 Å². The molecular weight excluding hydrogens is 238 g/mol. The van der Waals surface area contributed by atoms with Crippen LogP contribution in [0.3, 0.4) is 0 Å². The average molecular weight is 259 g/mol. The van der Waals surface area contributed by atoms with Crippen molar-refractivity contribution in [2.45, 2.75) is 40.2 Å². The number of hydrogen-bond acceptors (Lipinski definition) is 4. The van der Waals surface area contributed by atoms with Crippen LogP contribution in [-0.2, 0) is 0 Å². The molecule has 0 radical (unpaired) electrons. The molecule has 0 aliphatic carbocycles. The standard InChI is InChI=1S/C14H21N5/c1-5-10(2)12(4)16-14-8-13(7-6-11(14)3)19-9-15-17-18-19/h6-10,12,16H,5H2,1-4H3. The van der Waals surface area contributed by atoms with Gasteiger partial charge in [-0.05, 0) is 47.9 Å². The van der Waals surface area contributed by atoms with E-state index in [1.807, 2.05) is 6.07 Å². The summed E-state index contributed by atoms with van der Waals surface area (Å²) in [7, 11) is 0. The first kappa shape index (κ1) is 13.5. The highest BCUT2D eigenvalue weighted by Gasteiger charge is 2.11. The Kier molecular flexibility index (Phi) is 4.14. The average Bonchev–Trinajstić information content (AvgIpc) is 2.94. The van der Waals surface area contributed by atoms with E-state index in [-0.39, 0.29) is 0 Å². The van der Waals surface area contributed by atoms with E-state index in [1.165, 1.54) is 12.0 Å². The summed E-state index contributed by atoms with van der Waals surface area (Å²) in [6.07, 6.45) is 2.77. The molecule has 0 fully saturated rings. The second kappa shape index (κ2) is 5.82. The molecule has 2 rings (SSSR count). The van der Waals surface area contributed by atoms with Gasteiger partial charge in [-0.15, -0.1) is 5.10 Å². The highest BCUT2D eigenvalue weighted by Crippen LogP contribution is 2.22. The maximum atomic E-state index is 3.92. The summed E-state index contributed by atoms with van der Waals surface area (Å²) in [5.41, 5.74) is 3.34. The van der Waals surface area contributed by atoms with E-state index in [2.05, 4.69) is 60.7 Å². The topological polar surface area (TPSA) is 55.6 Å². The first-order valence-electron chi connectivity index (χ1n) is 6.72. The minimum absolute atomic E-state index is 0.438. The number of rotatable bonds is 5. The smallest absolute Gasteiger partial charge is 0.143 e. The zero-order valence-electron chi connectivity index (χ0n) is 12.0. The van der Waals surface area contributed by atoms with Crippen LogP contribution in [0.5, 0.6) is 0 Å². The predicted molar refractivity (Wildman–Crippen MR) is 76.4 cm³/mol. The Balaban J connectivity index is 2.23. The second-order valence-electron chi connectivity index (χ2n) is 5.07. The third-order valence-electron chi connectivity index (χ3n) is 3.72. The quantitative estimate of drug-likeness (QED) is 0.897. The van der Waals surface area contributed by atoms with Crippen molar-refractivity contribution in [2.75, 3.05) is 5.32 Å². The number of anilines is 1. The normalized spacial score (nSPS) is 14.1. The largest absolute Gasteiger partial charge is 0.382 e. The maximum absolute atomic E-state index is 3.92. The molecule has 5 nitrogen and oxygen atoms in total. The molecule has 1 aromatic carbocycles. The van der Waals surface area contributed by atoms with Crippen molar-refractivity contribution in [3.05, 3.63) is 30.1 Å². The van der Waals surface area contributed by atoms with Gasteiger partial charge in [0, 0.05) is 11.7 Å². The molecule has 1 aromatic heterocycles. The van der Waals surface area contributed by atoms with E-state index in [0.717, 1.165) is 11.4 Å². The van der Waals surface area contributed by atoms with Crippen molar-refractivity contribution in [3.63, 3.8) is 0 Å². The lowest BCUT2D eigenvalue weighted by Gasteiger charge is -2.22. The molecule has 2 unspecified atom stereocenters. The molecule has 0 aliphatic heterocycles. The van der Waals surface area contributed by atoms with Crippen molar-refractivity contribution in [2.24, 2.45) is 5.92 Å². The van der Waals surface area contributed by atoms with Gasteiger partial charge >= 0.3 is 0 Å². The Morgan fingerprint density at radius 3 is 2.74 bits per heavy atom. The molecule has 5 heteroatoms. The van der Waals surface area contributed by atoms with Crippen LogP contribution in [0.25, 0.3) is 5.69 Å². The van der Waals surface area contributed by atoms with Gasteiger partial charge in [0.2, 0.25) is 0 Å². The first-order chi connectivity index (χ1) is 9.11. The first-order valence-corrected chi connectivity index (χ1v) is 6.72. The number of aromatic nitrogens is 4. The summed E-state index contributed by atoms with van der Waals surface area (Å²) in [5.74, 6) is 0.635. The summed E-state index contributed by atoms with van der Waals surface area (Å²) < 4.78 is 1.67. The minimum atomic E-state index is 0.438. The van der Waals surface area contributed by atoms with Crippen LogP contribution in [0.4, 0.5) is 5.69 Å². The van der Waals surface area contributed by atoms with Gasteiger partial charge in [0.25, 0.3) is 0 Å². The van der Waals surface area contributed by atoms with Crippen molar-refractivity contribution in [1.29, 1.82) is 0 Å². The third kappa shape index (κ3) is 3.10. The number of nitrogens with zero attached hydrogens (tertiary/aromatic N) is 4. The van der Waals surface area contributed by atoms with Crippen LogP contribution >= 0.6 is 0 Å². The van der Waals surface area contributed by atoms with Crippen molar-refractivity contribution in [1.82, 2.24) is 20.2 Å². The SMILES string of the molecule is CCC(C)C(C)Nc1cc(-n2cnnn2)ccc1C. The number of nitrogens with one attached hydrogen (secondary N) is 1. The molecule has 0 aliphatic rings. The Labute approximate surface area is 114 Å². The monoisotopic (exact) mass is 259 g/mol. The van der Waals surface area contributed by atoms with Crippen LogP contribution in [-0.4, -0.2) is 26.2 Å². The molecule has 19 heavy (non-hydrogen) atoms. The lowest BCUT2D eigenvalue weighted by atomic mass is 10.00. The molecule has 1 heterocycles. The molecule has 0 saturated carbocycles. The Morgan fingerprint density at radius 2 is 2.11 bits per heavy atom. The summed E-state index contributed by atoms with van der Waals surface area (Å²) in [6.45, 7) is 8.80. The van der Waals surface area contributed by atoms with Gasteiger partial charge in [0.05, 0.1) is 5.69 Å². The van der Waals surface area contributed by atoms with Crippen LogP contribution in [0.2, 0.25) is 0 Å². The Bertz CT molecular complexity index is 521. The molecule has 0 spiro atoms. The van der Waals surface area contributed by atoms with Crippen LogP contribution in [0, 0.1) is 12.8 Å². The van der Waals surface area contributed by atoms with E-state index in [1.54, 1.807) is 11.0 Å². The Morgan fingerprint density at radius 1 is 1.32 bits per heavy atom. The number of aryl methyl sites for hydroxylation is 1. The molecular formula is C14H21N5. The minimum Gasteiger partial charge on any atom is -0.382 e.